The number of aromatic nitrogens is 2. The Morgan fingerprint density at radius 2 is 2.36 bits per heavy atom. The molecule has 0 bridgehead atoms. The number of H-pyrrole nitrogens is 1. The lowest BCUT2D eigenvalue weighted by Gasteiger charge is -1.95. The number of nitrogens with zero attached hydrogens (tertiary/aromatic N) is 1. The number of carbonyl (C=O) groups excluding carboxylic acids is 1. The van der Waals surface area contributed by atoms with E-state index in [2.05, 4.69) is 10.2 Å². The molecule has 11 heavy (non-hydrogen) atoms. The second kappa shape index (κ2) is 2.74. The molecule has 0 spiro atoms. The van der Waals surface area contributed by atoms with E-state index in [9.17, 15) is 4.79 Å². The fourth-order valence-electron chi connectivity index (χ4n) is 0.759. The first-order chi connectivity index (χ1) is 5.11. The summed E-state index contributed by atoms with van der Waals surface area (Å²) in [6, 6.07) is 1.67. The summed E-state index contributed by atoms with van der Waals surface area (Å²) in [5.41, 5.74) is 6.23. The highest BCUT2D eigenvalue weighted by Gasteiger charge is 2.07. The summed E-state index contributed by atoms with van der Waals surface area (Å²) in [7, 11) is 0. The highest BCUT2D eigenvalue weighted by molar-refractivity contribution is 5.90. The van der Waals surface area contributed by atoms with Gasteiger partial charge in [-0.2, -0.15) is 5.10 Å². The Morgan fingerprint density at radius 3 is 2.64 bits per heavy atom. The van der Waals surface area contributed by atoms with E-state index < -0.39 is 5.91 Å². The van der Waals surface area contributed by atoms with Crippen molar-refractivity contribution in [2.24, 2.45) is 5.73 Å². The minimum atomic E-state index is -0.492. The fourth-order valence-corrected chi connectivity index (χ4v) is 0.759. The predicted octanol–water partition coefficient (Wildman–Crippen LogP) is 0.632. The van der Waals surface area contributed by atoms with Gasteiger partial charge >= 0.3 is 0 Å². The van der Waals surface area contributed by atoms with Crippen molar-refractivity contribution >= 4 is 5.91 Å². The summed E-state index contributed by atoms with van der Waals surface area (Å²) in [4.78, 5) is 10.6. The Hall–Kier alpha value is -1.32. The summed E-state index contributed by atoms with van der Waals surface area (Å²) in [6.45, 7) is 4.02. The Balaban J connectivity index is 2.90. The molecule has 0 aliphatic carbocycles. The standard InChI is InChI=1S/C7H11N3O/c1-4(2)5-3-6(7(8)11)10-9-5/h3-4H,1-2H3,(H2,8,11)(H,9,10). The van der Waals surface area contributed by atoms with Crippen LogP contribution in [0.3, 0.4) is 0 Å². The number of rotatable bonds is 2. The van der Waals surface area contributed by atoms with Gasteiger partial charge in [0, 0.05) is 5.69 Å². The highest BCUT2D eigenvalue weighted by Crippen LogP contribution is 2.10. The van der Waals surface area contributed by atoms with Gasteiger partial charge in [0.15, 0.2) is 0 Å². The zero-order valence-electron chi connectivity index (χ0n) is 6.59. The second-order valence-corrected chi connectivity index (χ2v) is 2.73. The number of primary amides is 1. The molecule has 0 aliphatic heterocycles. The summed E-state index contributed by atoms with van der Waals surface area (Å²) in [6.07, 6.45) is 0. The molecule has 1 amide bonds. The van der Waals surface area contributed by atoms with Crippen LogP contribution in [-0.4, -0.2) is 16.1 Å². The molecule has 0 saturated heterocycles. The SMILES string of the molecule is CC(C)c1cc(C(N)=O)n[nH]1. The first kappa shape index (κ1) is 7.78. The van der Waals surface area contributed by atoms with Crippen LogP contribution in [0.4, 0.5) is 0 Å². The van der Waals surface area contributed by atoms with Gasteiger partial charge in [-0.15, -0.1) is 0 Å². The highest BCUT2D eigenvalue weighted by atomic mass is 16.1. The molecule has 0 saturated carbocycles. The van der Waals surface area contributed by atoms with Gasteiger partial charge in [-0.3, -0.25) is 9.89 Å². The Labute approximate surface area is 64.8 Å². The molecule has 0 unspecified atom stereocenters. The molecule has 0 radical (unpaired) electrons. The van der Waals surface area contributed by atoms with E-state index in [1.807, 2.05) is 13.8 Å². The maximum atomic E-state index is 10.6. The maximum absolute atomic E-state index is 10.6. The number of nitrogens with two attached hydrogens (primary N) is 1. The third-order valence-electron chi connectivity index (χ3n) is 1.47. The molecular weight excluding hydrogens is 142 g/mol. The number of hydrogen-bond acceptors (Lipinski definition) is 2. The molecule has 0 atom stereocenters. The molecule has 3 N–H and O–H groups in total. The average molecular weight is 153 g/mol. The molecule has 1 aromatic heterocycles. The van der Waals surface area contributed by atoms with Crippen LogP contribution in [0.1, 0.15) is 35.9 Å². The molecule has 0 fully saturated rings. The Kier molecular flexibility index (Phi) is 1.94. The smallest absolute Gasteiger partial charge is 0.269 e. The van der Waals surface area contributed by atoms with Crippen LogP contribution >= 0.6 is 0 Å². The Morgan fingerprint density at radius 1 is 1.73 bits per heavy atom. The molecule has 1 rings (SSSR count). The molecular formula is C7H11N3O. The van der Waals surface area contributed by atoms with Crippen LogP contribution in [0.2, 0.25) is 0 Å². The topological polar surface area (TPSA) is 71.8 Å². The Bertz CT molecular complexity index is 264. The van der Waals surface area contributed by atoms with Crippen molar-refractivity contribution in [3.63, 3.8) is 0 Å². The lowest BCUT2D eigenvalue weighted by Crippen LogP contribution is -2.11. The molecule has 1 aromatic rings. The quantitative estimate of drug-likeness (QED) is 0.654. The van der Waals surface area contributed by atoms with Gasteiger partial charge < -0.3 is 5.73 Å². The van der Waals surface area contributed by atoms with Gasteiger partial charge in [0.2, 0.25) is 0 Å². The minimum absolute atomic E-state index is 0.300. The van der Waals surface area contributed by atoms with Crippen molar-refractivity contribution in [2.75, 3.05) is 0 Å². The van der Waals surface area contributed by atoms with Crippen molar-refractivity contribution < 1.29 is 4.79 Å². The van der Waals surface area contributed by atoms with Crippen LogP contribution in [-0.2, 0) is 0 Å². The van der Waals surface area contributed by atoms with Crippen molar-refractivity contribution in [3.05, 3.63) is 17.5 Å². The van der Waals surface area contributed by atoms with Gasteiger partial charge in [-0.25, -0.2) is 0 Å². The first-order valence-electron chi connectivity index (χ1n) is 3.46. The molecule has 60 valence electrons. The van der Waals surface area contributed by atoms with Crippen LogP contribution < -0.4 is 5.73 Å². The third-order valence-corrected chi connectivity index (χ3v) is 1.47. The van der Waals surface area contributed by atoms with E-state index in [1.165, 1.54) is 0 Å². The van der Waals surface area contributed by atoms with Gasteiger partial charge in [0.05, 0.1) is 0 Å². The average Bonchev–Trinajstić information content (AvgIpc) is 2.33. The molecule has 1 heterocycles. The molecule has 4 nitrogen and oxygen atoms in total. The van der Waals surface area contributed by atoms with Crippen LogP contribution in [0, 0.1) is 0 Å². The van der Waals surface area contributed by atoms with Crippen LogP contribution in [0.25, 0.3) is 0 Å². The first-order valence-corrected chi connectivity index (χ1v) is 3.46. The summed E-state index contributed by atoms with van der Waals surface area (Å²) in [5.74, 6) is -0.149. The number of aromatic amines is 1. The fraction of sp³-hybridized carbons (Fsp3) is 0.429. The predicted molar refractivity (Wildman–Crippen MR) is 41.2 cm³/mol. The summed E-state index contributed by atoms with van der Waals surface area (Å²) in [5, 5.41) is 6.47. The van der Waals surface area contributed by atoms with Crippen molar-refractivity contribution in [1.29, 1.82) is 0 Å². The minimum Gasteiger partial charge on any atom is -0.364 e. The van der Waals surface area contributed by atoms with Crippen molar-refractivity contribution in [2.45, 2.75) is 19.8 Å². The van der Waals surface area contributed by atoms with E-state index in [-0.39, 0.29) is 0 Å². The van der Waals surface area contributed by atoms with Gasteiger partial charge in [0.1, 0.15) is 5.69 Å². The van der Waals surface area contributed by atoms with E-state index in [0.717, 1.165) is 5.69 Å². The van der Waals surface area contributed by atoms with Gasteiger partial charge in [0.25, 0.3) is 5.91 Å². The monoisotopic (exact) mass is 153 g/mol. The maximum Gasteiger partial charge on any atom is 0.269 e. The summed E-state index contributed by atoms with van der Waals surface area (Å²) >= 11 is 0. The van der Waals surface area contributed by atoms with Crippen LogP contribution in [0.15, 0.2) is 6.07 Å². The number of hydrogen-bond donors (Lipinski definition) is 2. The number of nitrogens with one attached hydrogen (secondary N) is 1. The van der Waals surface area contributed by atoms with Crippen LogP contribution in [0.5, 0.6) is 0 Å². The van der Waals surface area contributed by atoms with Gasteiger partial charge in [-0.1, -0.05) is 13.8 Å². The van der Waals surface area contributed by atoms with E-state index in [0.29, 0.717) is 11.6 Å². The third kappa shape index (κ3) is 1.58. The lowest BCUT2D eigenvalue weighted by molar-refractivity contribution is 0.0995. The van der Waals surface area contributed by atoms with E-state index >= 15 is 0 Å². The molecule has 0 aliphatic rings. The second-order valence-electron chi connectivity index (χ2n) is 2.73. The largest absolute Gasteiger partial charge is 0.364 e. The zero-order chi connectivity index (χ0) is 8.43. The molecule has 4 heteroatoms. The van der Waals surface area contributed by atoms with Crippen molar-refractivity contribution in [3.8, 4) is 0 Å². The molecule has 0 aromatic carbocycles. The van der Waals surface area contributed by atoms with Crippen molar-refractivity contribution in [1.82, 2.24) is 10.2 Å². The van der Waals surface area contributed by atoms with E-state index in [4.69, 9.17) is 5.73 Å². The van der Waals surface area contributed by atoms with E-state index in [1.54, 1.807) is 6.07 Å². The zero-order valence-corrected chi connectivity index (χ0v) is 6.59. The normalized spacial score (nSPS) is 10.5. The lowest BCUT2D eigenvalue weighted by atomic mass is 10.1. The number of carbonyl (C=O) groups is 1. The number of amides is 1. The summed E-state index contributed by atoms with van der Waals surface area (Å²) < 4.78 is 0. The van der Waals surface area contributed by atoms with Gasteiger partial charge in [-0.05, 0) is 12.0 Å².